The summed E-state index contributed by atoms with van der Waals surface area (Å²) in [5, 5.41) is 2.45. The molecule has 7 nitrogen and oxygen atoms in total. The van der Waals surface area contributed by atoms with Crippen LogP contribution in [0.4, 0.5) is 0 Å². The molecule has 0 aliphatic carbocycles. The molecule has 162 valence electrons. The van der Waals surface area contributed by atoms with Crippen molar-refractivity contribution in [3.8, 4) is 22.1 Å². The number of thiazole rings is 1. The molecule has 0 bridgehead atoms. The van der Waals surface area contributed by atoms with E-state index in [0.717, 1.165) is 11.1 Å². The van der Waals surface area contributed by atoms with Crippen LogP contribution in [-0.2, 0) is 21.2 Å². The molecule has 0 atom stereocenters. The zero-order chi connectivity index (χ0) is 22.2. The molecule has 1 amide bonds. The van der Waals surface area contributed by atoms with E-state index in [0.29, 0.717) is 45.5 Å². The van der Waals surface area contributed by atoms with Gasteiger partial charge >= 0.3 is 0 Å². The monoisotopic (exact) mass is 522 g/mol. The van der Waals surface area contributed by atoms with E-state index < -0.39 is 15.9 Å². The predicted molar refractivity (Wildman–Crippen MR) is 121 cm³/mol. The number of rotatable bonds is 5. The third-order valence-corrected chi connectivity index (χ3v) is 7.99. The first-order chi connectivity index (χ1) is 14.7. The van der Waals surface area contributed by atoms with Crippen LogP contribution in [0.15, 0.2) is 45.1 Å². The van der Waals surface area contributed by atoms with Crippen LogP contribution < -0.4 is 14.2 Å². The highest BCUT2D eigenvalue weighted by Crippen LogP contribution is 2.35. The maximum absolute atomic E-state index is 12.7. The van der Waals surface area contributed by atoms with Crippen molar-refractivity contribution < 1.29 is 22.7 Å². The number of hydrogen-bond acceptors (Lipinski definition) is 7. The summed E-state index contributed by atoms with van der Waals surface area (Å²) < 4.78 is 39.3. The Morgan fingerprint density at radius 1 is 1.13 bits per heavy atom. The van der Waals surface area contributed by atoms with Gasteiger partial charge in [0.15, 0.2) is 11.5 Å². The molecule has 0 unspecified atom stereocenters. The quantitative estimate of drug-likeness (QED) is 0.543. The topological polar surface area (TPSA) is 94.6 Å². The Kier molecular flexibility index (Phi) is 6.05. The summed E-state index contributed by atoms with van der Waals surface area (Å²) in [5.74, 6) is 0.702. The van der Waals surface area contributed by atoms with Gasteiger partial charge in [-0.1, -0.05) is 22.0 Å². The van der Waals surface area contributed by atoms with Crippen molar-refractivity contribution in [3.63, 3.8) is 0 Å². The molecule has 0 saturated carbocycles. The molecule has 1 N–H and O–H groups in total. The molecule has 0 radical (unpaired) electrons. The molecule has 4 rings (SSSR count). The lowest BCUT2D eigenvalue weighted by Gasteiger charge is -2.18. The normalized spacial score (nSPS) is 13.1. The van der Waals surface area contributed by atoms with E-state index in [9.17, 15) is 13.2 Å². The van der Waals surface area contributed by atoms with Crippen LogP contribution >= 0.6 is 27.3 Å². The van der Waals surface area contributed by atoms with Crippen molar-refractivity contribution in [2.45, 2.75) is 25.2 Å². The van der Waals surface area contributed by atoms with Gasteiger partial charge < -0.3 is 9.47 Å². The summed E-state index contributed by atoms with van der Waals surface area (Å²) in [6, 6.07) is 8.80. The average Bonchev–Trinajstić information content (AvgIpc) is 3.18. The van der Waals surface area contributed by atoms with Gasteiger partial charge in [-0.2, -0.15) is 0 Å². The molecule has 2 heterocycles. The van der Waals surface area contributed by atoms with Crippen LogP contribution in [0.1, 0.15) is 16.8 Å². The predicted octanol–water partition coefficient (Wildman–Crippen LogP) is 4.01. The molecular weight excluding hydrogens is 504 g/mol. The van der Waals surface area contributed by atoms with Crippen molar-refractivity contribution in [1.29, 1.82) is 0 Å². The van der Waals surface area contributed by atoms with Gasteiger partial charge in [0, 0.05) is 15.4 Å². The summed E-state index contributed by atoms with van der Waals surface area (Å²) in [7, 11) is -3.99. The summed E-state index contributed by atoms with van der Waals surface area (Å²) in [4.78, 5) is 17.0. The molecule has 10 heteroatoms. The van der Waals surface area contributed by atoms with Crippen LogP contribution in [-0.4, -0.2) is 32.5 Å². The number of fused-ring (bicyclic) bond motifs is 1. The minimum Gasteiger partial charge on any atom is -0.486 e. The van der Waals surface area contributed by atoms with Gasteiger partial charge in [-0.15, -0.1) is 11.3 Å². The molecule has 1 aliphatic rings. The molecular formula is C21H19BrN2O5S2. The number of amides is 1. The summed E-state index contributed by atoms with van der Waals surface area (Å²) in [6.07, 6.45) is -0.146. The zero-order valence-corrected chi connectivity index (χ0v) is 20.0. The number of nitrogens with one attached hydrogen (secondary N) is 1. The van der Waals surface area contributed by atoms with E-state index in [4.69, 9.17) is 9.47 Å². The molecule has 3 aromatic rings. The van der Waals surface area contributed by atoms with E-state index in [2.05, 4.69) is 25.6 Å². The van der Waals surface area contributed by atoms with Gasteiger partial charge in [-0.25, -0.2) is 18.1 Å². The van der Waals surface area contributed by atoms with Crippen molar-refractivity contribution >= 4 is 43.2 Å². The minimum absolute atomic E-state index is 0.0635. The van der Waals surface area contributed by atoms with Crippen LogP contribution in [0.25, 0.3) is 10.6 Å². The maximum Gasteiger partial charge on any atom is 0.264 e. The standard InChI is InChI=1S/C21H19BrN2O5S2/c1-12-7-13(2)19(10-16(12)22)31(26,27)24-20(25)9-15-11-30-21(23-15)14-3-4-17-18(8-14)29-6-5-28-17/h3-4,7-8,10-11H,5-6,9H2,1-2H3,(H,24,25). The number of hydrogen-bond donors (Lipinski definition) is 1. The molecule has 1 aromatic heterocycles. The van der Waals surface area contributed by atoms with Gasteiger partial charge in [-0.05, 0) is 49.2 Å². The second-order valence-electron chi connectivity index (χ2n) is 7.07. The summed E-state index contributed by atoms with van der Waals surface area (Å²) >= 11 is 4.71. The number of aromatic nitrogens is 1. The fourth-order valence-corrected chi connectivity index (χ4v) is 5.75. The molecule has 0 saturated heterocycles. The largest absolute Gasteiger partial charge is 0.486 e. The van der Waals surface area contributed by atoms with Crippen molar-refractivity contribution in [3.05, 3.63) is 57.0 Å². The van der Waals surface area contributed by atoms with E-state index in [1.807, 2.05) is 25.1 Å². The SMILES string of the molecule is Cc1cc(C)c(S(=O)(=O)NC(=O)Cc2csc(-c3ccc4c(c3)OCCO4)n2)cc1Br. The Bertz CT molecular complexity index is 1270. The fourth-order valence-electron chi connectivity index (χ4n) is 3.20. The Balaban J connectivity index is 1.48. The number of nitrogens with zero attached hydrogens (tertiary/aromatic N) is 1. The van der Waals surface area contributed by atoms with Gasteiger partial charge in [0.2, 0.25) is 5.91 Å². The van der Waals surface area contributed by atoms with Crippen molar-refractivity contribution in [2.24, 2.45) is 0 Å². The molecule has 31 heavy (non-hydrogen) atoms. The van der Waals surface area contributed by atoms with Crippen molar-refractivity contribution in [2.75, 3.05) is 13.2 Å². The highest BCUT2D eigenvalue weighted by atomic mass is 79.9. The highest BCUT2D eigenvalue weighted by Gasteiger charge is 2.22. The fraction of sp³-hybridized carbons (Fsp3) is 0.238. The van der Waals surface area contributed by atoms with E-state index in [1.54, 1.807) is 18.4 Å². The van der Waals surface area contributed by atoms with Crippen LogP contribution in [0.2, 0.25) is 0 Å². The number of ether oxygens (including phenoxy) is 2. The summed E-state index contributed by atoms with van der Waals surface area (Å²) in [5.41, 5.74) is 2.81. The number of carbonyl (C=O) groups is 1. The molecule has 2 aromatic carbocycles. The van der Waals surface area contributed by atoms with E-state index in [1.165, 1.54) is 17.4 Å². The lowest BCUT2D eigenvalue weighted by Crippen LogP contribution is -2.32. The van der Waals surface area contributed by atoms with Crippen LogP contribution in [0.5, 0.6) is 11.5 Å². The first kappa shape index (κ1) is 21.8. The molecule has 1 aliphatic heterocycles. The number of benzene rings is 2. The van der Waals surface area contributed by atoms with Crippen molar-refractivity contribution in [1.82, 2.24) is 9.71 Å². The number of aryl methyl sites for hydroxylation is 2. The zero-order valence-electron chi connectivity index (χ0n) is 16.8. The average molecular weight is 523 g/mol. The Labute approximate surface area is 192 Å². The number of carbonyl (C=O) groups excluding carboxylic acids is 1. The van der Waals surface area contributed by atoms with Crippen LogP contribution in [0, 0.1) is 13.8 Å². The molecule has 0 spiro atoms. The van der Waals surface area contributed by atoms with Gasteiger partial charge in [0.05, 0.1) is 17.0 Å². The van der Waals surface area contributed by atoms with Gasteiger partial charge in [0.1, 0.15) is 18.2 Å². The van der Waals surface area contributed by atoms with Gasteiger partial charge in [0.25, 0.3) is 10.0 Å². The first-order valence-electron chi connectivity index (χ1n) is 9.40. The lowest BCUT2D eigenvalue weighted by molar-refractivity contribution is -0.118. The number of sulfonamides is 1. The van der Waals surface area contributed by atoms with E-state index >= 15 is 0 Å². The van der Waals surface area contributed by atoms with Crippen LogP contribution in [0.3, 0.4) is 0 Å². The maximum atomic E-state index is 12.7. The van der Waals surface area contributed by atoms with Gasteiger partial charge in [-0.3, -0.25) is 4.79 Å². The smallest absolute Gasteiger partial charge is 0.264 e. The minimum atomic E-state index is -3.99. The second kappa shape index (κ2) is 8.60. The Morgan fingerprint density at radius 3 is 2.65 bits per heavy atom. The van der Waals surface area contributed by atoms with E-state index in [-0.39, 0.29) is 11.3 Å². The first-order valence-corrected chi connectivity index (χ1v) is 12.6. The Morgan fingerprint density at radius 2 is 1.87 bits per heavy atom. The Hall–Kier alpha value is -2.43. The summed E-state index contributed by atoms with van der Waals surface area (Å²) in [6.45, 7) is 4.57. The molecule has 0 fully saturated rings. The highest BCUT2D eigenvalue weighted by molar-refractivity contribution is 9.10. The number of halogens is 1. The lowest BCUT2D eigenvalue weighted by atomic mass is 10.2. The third kappa shape index (κ3) is 4.76. The second-order valence-corrected chi connectivity index (χ2v) is 10.4. The third-order valence-electron chi connectivity index (χ3n) is 4.68.